The molecule has 0 spiro atoms. The van der Waals surface area contributed by atoms with E-state index in [-0.39, 0.29) is 11.3 Å². The van der Waals surface area contributed by atoms with Crippen LogP contribution in [-0.2, 0) is 13.1 Å². The van der Waals surface area contributed by atoms with Gasteiger partial charge in [-0.1, -0.05) is 55.5 Å². The lowest BCUT2D eigenvalue weighted by atomic mass is 10.1. The number of anilines is 1. The van der Waals surface area contributed by atoms with Crippen molar-refractivity contribution in [3.05, 3.63) is 77.0 Å². The first-order valence-corrected chi connectivity index (χ1v) is 8.27. The van der Waals surface area contributed by atoms with Gasteiger partial charge in [-0.15, -0.1) is 0 Å². The zero-order valence-electron chi connectivity index (χ0n) is 14.6. The summed E-state index contributed by atoms with van der Waals surface area (Å²) in [5, 5.41) is 30.2. The monoisotopic (exact) mass is 341 g/mol. The summed E-state index contributed by atoms with van der Waals surface area (Å²) in [6.07, 6.45) is 0. The van der Waals surface area contributed by atoms with Gasteiger partial charge < -0.3 is 5.32 Å². The number of rotatable bonds is 7. The molecule has 128 valence electrons. The standard InChI is InChI=1S/C21H19N5/c1-2-26(15-17-8-4-3-5-9-17)16-18-10-6-7-11-20(18)25-21(14-24)19(12-22)13-23/h3-11,25H,2,15-16H2,1H3. The average Bonchev–Trinajstić information content (AvgIpc) is 2.69. The zero-order valence-corrected chi connectivity index (χ0v) is 14.6. The molecule has 2 rings (SSSR count). The van der Waals surface area contributed by atoms with E-state index in [1.54, 1.807) is 12.1 Å². The molecule has 0 saturated carbocycles. The van der Waals surface area contributed by atoms with Crippen LogP contribution in [-0.4, -0.2) is 11.4 Å². The third-order valence-corrected chi connectivity index (χ3v) is 3.95. The summed E-state index contributed by atoms with van der Waals surface area (Å²) in [7, 11) is 0. The Morgan fingerprint density at radius 1 is 0.885 bits per heavy atom. The minimum Gasteiger partial charge on any atom is -0.345 e. The molecule has 0 aromatic heterocycles. The Morgan fingerprint density at radius 3 is 2.15 bits per heavy atom. The van der Waals surface area contributed by atoms with Crippen LogP contribution in [0.25, 0.3) is 0 Å². The number of hydrogen-bond donors (Lipinski definition) is 1. The average molecular weight is 341 g/mol. The van der Waals surface area contributed by atoms with Crippen molar-refractivity contribution in [2.75, 3.05) is 11.9 Å². The normalized spacial score (nSPS) is 9.65. The van der Waals surface area contributed by atoms with Gasteiger partial charge in [-0.3, -0.25) is 4.90 Å². The SMILES string of the molecule is CCN(Cc1ccccc1)Cc1ccccc1NC(C#N)=C(C#N)C#N. The summed E-state index contributed by atoms with van der Waals surface area (Å²) in [4.78, 5) is 2.28. The van der Waals surface area contributed by atoms with Gasteiger partial charge >= 0.3 is 0 Å². The fraction of sp³-hybridized carbons (Fsp3) is 0.190. The summed E-state index contributed by atoms with van der Waals surface area (Å²) in [6.45, 7) is 4.46. The highest BCUT2D eigenvalue weighted by Gasteiger charge is 2.11. The largest absolute Gasteiger partial charge is 0.345 e. The Bertz CT molecular complexity index is 878. The smallest absolute Gasteiger partial charge is 0.163 e. The van der Waals surface area contributed by atoms with Crippen LogP contribution in [0, 0.1) is 34.0 Å². The quantitative estimate of drug-likeness (QED) is 0.771. The van der Waals surface area contributed by atoms with Crippen LogP contribution in [0.4, 0.5) is 5.69 Å². The second-order valence-electron chi connectivity index (χ2n) is 5.66. The highest BCUT2D eigenvalue weighted by Crippen LogP contribution is 2.21. The molecule has 5 nitrogen and oxygen atoms in total. The molecule has 0 bridgehead atoms. The van der Waals surface area contributed by atoms with E-state index in [0.29, 0.717) is 6.54 Å². The molecule has 0 unspecified atom stereocenters. The van der Waals surface area contributed by atoms with E-state index < -0.39 is 0 Å². The Balaban J connectivity index is 2.23. The van der Waals surface area contributed by atoms with E-state index in [2.05, 4.69) is 29.3 Å². The first-order chi connectivity index (χ1) is 12.7. The van der Waals surface area contributed by atoms with E-state index >= 15 is 0 Å². The Hall–Kier alpha value is -3.59. The topological polar surface area (TPSA) is 86.6 Å². The number of para-hydroxylation sites is 1. The molecule has 2 aromatic rings. The van der Waals surface area contributed by atoms with Gasteiger partial charge in [-0.25, -0.2) is 0 Å². The molecule has 0 saturated heterocycles. The predicted molar refractivity (Wildman–Crippen MR) is 100 cm³/mol. The summed E-state index contributed by atoms with van der Waals surface area (Å²) < 4.78 is 0. The van der Waals surface area contributed by atoms with E-state index in [0.717, 1.165) is 24.3 Å². The summed E-state index contributed by atoms with van der Waals surface area (Å²) >= 11 is 0. The molecule has 0 aliphatic carbocycles. The predicted octanol–water partition coefficient (Wildman–Crippen LogP) is 3.95. The second-order valence-corrected chi connectivity index (χ2v) is 5.66. The molecule has 26 heavy (non-hydrogen) atoms. The molecule has 0 fully saturated rings. The molecule has 1 N–H and O–H groups in total. The van der Waals surface area contributed by atoms with Gasteiger partial charge in [0.15, 0.2) is 5.57 Å². The van der Waals surface area contributed by atoms with E-state index in [1.807, 2.05) is 48.5 Å². The number of allylic oxidation sites excluding steroid dienone is 2. The van der Waals surface area contributed by atoms with Crippen molar-refractivity contribution in [3.63, 3.8) is 0 Å². The Labute approximate surface area is 154 Å². The molecule has 0 atom stereocenters. The van der Waals surface area contributed by atoms with Gasteiger partial charge in [0.1, 0.15) is 23.9 Å². The van der Waals surface area contributed by atoms with E-state index in [1.165, 1.54) is 5.56 Å². The van der Waals surface area contributed by atoms with Crippen LogP contribution in [0.2, 0.25) is 0 Å². The van der Waals surface area contributed by atoms with Gasteiger partial charge in [0.05, 0.1) is 0 Å². The molecule has 0 aliphatic rings. The van der Waals surface area contributed by atoms with Crippen LogP contribution in [0.1, 0.15) is 18.1 Å². The highest BCUT2D eigenvalue weighted by molar-refractivity contribution is 5.61. The van der Waals surface area contributed by atoms with Gasteiger partial charge in [0, 0.05) is 18.8 Å². The molecule has 0 aliphatic heterocycles. The number of nitriles is 3. The lowest BCUT2D eigenvalue weighted by Crippen LogP contribution is -2.23. The van der Waals surface area contributed by atoms with E-state index in [4.69, 9.17) is 10.5 Å². The summed E-state index contributed by atoms with van der Waals surface area (Å²) in [5.41, 5.74) is 2.69. The van der Waals surface area contributed by atoms with Crippen LogP contribution in [0.15, 0.2) is 65.9 Å². The van der Waals surface area contributed by atoms with Gasteiger partial charge in [-0.05, 0) is 23.7 Å². The molecule has 0 radical (unpaired) electrons. The number of nitrogens with one attached hydrogen (secondary N) is 1. The Morgan fingerprint density at radius 2 is 1.54 bits per heavy atom. The molecule has 0 heterocycles. The second kappa shape index (κ2) is 9.64. The van der Waals surface area contributed by atoms with Crippen molar-refractivity contribution in [2.24, 2.45) is 0 Å². The van der Waals surface area contributed by atoms with Crippen LogP contribution in [0.5, 0.6) is 0 Å². The number of nitrogens with zero attached hydrogens (tertiary/aromatic N) is 4. The maximum absolute atomic E-state index is 9.25. The van der Waals surface area contributed by atoms with Crippen LogP contribution < -0.4 is 5.32 Å². The van der Waals surface area contributed by atoms with Crippen molar-refractivity contribution in [2.45, 2.75) is 20.0 Å². The number of benzene rings is 2. The van der Waals surface area contributed by atoms with Crippen LogP contribution in [0.3, 0.4) is 0 Å². The number of hydrogen-bond acceptors (Lipinski definition) is 5. The molecule has 0 amide bonds. The van der Waals surface area contributed by atoms with E-state index in [9.17, 15) is 5.26 Å². The fourth-order valence-corrected chi connectivity index (χ4v) is 2.56. The highest BCUT2D eigenvalue weighted by atomic mass is 15.1. The van der Waals surface area contributed by atoms with Gasteiger partial charge in [0.25, 0.3) is 0 Å². The van der Waals surface area contributed by atoms with Crippen molar-refractivity contribution >= 4 is 5.69 Å². The van der Waals surface area contributed by atoms with Crippen LogP contribution >= 0.6 is 0 Å². The molecular formula is C21H19N5. The van der Waals surface area contributed by atoms with Crippen molar-refractivity contribution in [1.82, 2.24) is 4.90 Å². The van der Waals surface area contributed by atoms with Gasteiger partial charge in [0.2, 0.25) is 0 Å². The third kappa shape index (κ3) is 4.95. The lowest BCUT2D eigenvalue weighted by Gasteiger charge is -2.22. The molecule has 5 heteroatoms. The first-order valence-electron chi connectivity index (χ1n) is 8.27. The third-order valence-electron chi connectivity index (χ3n) is 3.95. The Kier molecular flexibility index (Phi) is 6.95. The minimum atomic E-state index is -0.223. The zero-order chi connectivity index (χ0) is 18.8. The van der Waals surface area contributed by atoms with Crippen molar-refractivity contribution in [3.8, 4) is 18.2 Å². The summed E-state index contributed by atoms with van der Waals surface area (Å²) in [5.74, 6) is 0. The van der Waals surface area contributed by atoms with Crippen molar-refractivity contribution in [1.29, 1.82) is 15.8 Å². The first kappa shape index (κ1) is 18.7. The molecule has 2 aromatic carbocycles. The van der Waals surface area contributed by atoms with Gasteiger partial charge in [-0.2, -0.15) is 15.8 Å². The maximum atomic E-state index is 9.25. The summed E-state index contributed by atoms with van der Waals surface area (Å²) in [6, 6.07) is 23.2. The minimum absolute atomic E-state index is 0.0337. The molecular weight excluding hydrogens is 322 g/mol. The lowest BCUT2D eigenvalue weighted by molar-refractivity contribution is 0.272. The maximum Gasteiger partial charge on any atom is 0.163 e. The fourth-order valence-electron chi connectivity index (χ4n) is 2.56. The van der Waals surface area contributed by atoms with Crippen molar-refractivity contribution < 1.29 is 0 Å².